The first-order valence-electron chi connectivity index (χ1n) is 10.7. The fraction of sp³-hybridized carbons (Fsp3) is 0.333. The van der Waals surface area contributed by atoms with Gasteiger partial charge in [0.05, 0.1) is 17.6 Å². The minimum atomic E-state index is -6.60. The van der Waals surface area contributed by atoms with Crippen molar-refractivity contribution < 1.29 is 35.5 Å². The Morgan fingerprint density at radius 3 is 2.14 bits per heavy atom. The molecule has 198 valence electrons. The molecule has 2 aromatic carbocycles. The van der Waals surface area contributed by atoms with Gasteiger partial charge in [0.2, 0.25) is 5.95 Å². The molecule has 0 fully saturated rings. The Balaban J connectivity index is 2.14. The van der Waals surface area contributed by atoms with Crippen molar-refractivity contribution in [3.63, 3.8) is 0 Å². The first kappa shape index (κ1) is 28.5. The average Bonchev–Trinajstić information content (AvgIpc) is 2.80. The Bertz CT molecular complexity index is 1340. The zero-order valence-electron chi connectivity index (χ0n) is 19.6. The first-order chi connectivity index (χ1) is 16.9. The first-order valence-corrected chi connectivity index (χ1v) is 11.5. The van der Waals surface area contributed by atoms with E-state index in [4.69, 9.17) is 0 Å². The third-order valence-electron chi connectivity index (χ3n) is 5.27. The maximum Gasteiger partial charge on any atom is 0.460 e. The monoisotopic (exact) mass is 592 g/mol. The van der Waals surface area contributed by atoms with Crippen molar-refractivity contribution in [3.8, 4) is 11.3 Å². The van der Waals surface area contributed by atoms with E-state index in [1.807, 2.05) is 5.43 Å². The highest BCUT2D eigenvalue weighted by atomic mass is 79.9. The Morgan fingerprint density at radius 2 is 1.57 bits per heavy atom. The van der Waals surface area contributed by atoms with Gasteiger partial charge in [-0.1, -0.05) is 67.0 Å². The van der Waals surface area contributed by atoms with E-state index in [9.17, 15) is 35.5 Å². The van der Waals surface area contributed by atoms with Gasteiger partial charge in [0.1, 0.15) is 11.5 Å². The van der Waals surface area contributed by atoms with Crippen LogP contribution in [0.15, 0.2) is 58.1 Å². The predicted molar refractivity (Wildman–Crippen MR) is 129 cm³/mol. The maximum atomic E-state index is 14.6. The summed E-state index contributed by atoms with van der Waals surface area (Å²) in [6.07, 6.45) is -8.07. The molecule has 0 saturated heterocycles. The molecule has 1 heterocycles. The summed E-state index contributed by atoms with van der Waals surface area (Å²) in [6.45, 7) is 3.91. The number of hydrogen-bond donors (Lipinski definition) is 1. The molecule has 0 amide bonds. The number of anilines is 1. The van der Waals surface area contributed by atoms with Crippen LogP contribution in [0.5, 0.6) is 0 Å². The summed E-state index contributed by atoms with van der Waals surface area (Å²) in [5.41, 5.74) is -0.166. The zero-order valence-corrected chi connectivity index (χ0v) is 21.2. The summed E-state index contributed by atoms with van der Waals surface area (Å²) in [7, 11) is 0. The lowest BCUT2D eigenvalue weighted by molar-refractivity contribution is -0.336. The Morgan fingerprint density at radius 1 is 0.946 bits per heavy atom. The molecule has 0 atom stereocenters. The number of carbonyl (C=O) groups is 1. The number of aromatic nitrogens is 2. The van der Waals surface area contributed by atoms with Gasteiger partial charge >= 0.3 is 18.0 Å². The van der Waals surface area contributed by atoms with Gasteiger partial charge in [0.25, 0.3) is 0 Å². The third kappa shape index (κ3) is 5.91. The third-order valence-corrected chi connectivity index (χ3v) is 5.77. The summed E-state index contributed by atoms with van der Waals surface area (Å²) in [4.78, 5) is 20.7. The van der Waals surface area contributed by atoms with Gasteiger partial charge in [0, 0.05) is 20.8 Å². The van der Waals surface area contributed by atoms with Crippen LogP contribution in [0, 0.1) is 5.41 Å². The van der Waals surface area contributed by atoms with E-state index in [-0.39, 0.29) is 0 Å². The summed E-state index contributed by atoms with van der Waals surface area (Å²) in [5, 5.41) is 3.67. The molecule has 5 nitrogen and oxygen atoms in total. The van der Waals surface area contributed by atoms with Crippen LogP contribution in [-0.2, 0) is 4.79 Å². The topological polar surface area (TPSA) is 67.2 Å². The number of rotatable bonds is 7. The molecule has 13 heteroatoms. The molecule has 0 bridgehead atoms. The van der Waals surface area contributed by atoms with E-state index < -0.39 is 47.3 Å². The standard InChI is InChI=1S/C24H20BrF7N4O/c1-21(2,3)18(37)12-17(22(26,27)23(28,29)24(30,31)32)35-36-20-33-16-10-9-14(25)11-15(16)19(34-20)13-7-5-4-6-8-13/h4-11H,12H2,1-3H3,(H,33,34,36)/b35-17-. The van der Waals surface area contributed by atoms with Crippen LogP contribution >= 0.6 is 15.9 Å². The Labute approximate surface area is 215 Å². The van der Waals surface area contributed by atoms with Crippen LogP contribution in [0.2, 0.25) is 0 Å². The molecule has 0 aliphatic carbocycles. The smallest absolute Gasteiger partial charge is 0.299 e. The minimum absolute atomic E-state index is 0.300. The molecule has 37 heavy (non-hydrogen) atoms. The van der Waals surface area contributed by atoms with Crippen molar-refractivity contribution in [2.75, 3.05) is 5.43 Å². The van der Waals surface area contributed by atoms with E-state index in [2.05, 4.69) is 31.0 Å². The molecular formula is C24H20BrF7N4O. The molecule has 0 spiro atoms. The van der Waals surface area contributed by atoms with E-state index in [1.165, 1.54) is 20.8 Å². The molecule has 0 aliphatic heterocycles. The van der Waals surface area contributed by atoms with E-state index >= 15 is 0 Å². The number of carbonyl (C=O) groups excluding carboxylic acids is 1. The van der Waals surface area contributed by atoms with Crippen molar-refractivity contribution in [1.82, 2.24) is 9.97 Å². The fourth-order valence-electron chi connectivity index (χ4n) is 3.08. The molecular weight excluding hydrogens is 573 g/mol. The van der Waals surface area contributed by atoms with Crippen molar-refractivity contribution >= 4 is 44.3 Å². The number of ketones is 1. The van der Waals surface area contributed by atoms with E-state index in [0.29, 0.717) is 26.6 Å². The minimum Gasteiger partial charge on any atom is -0.299 e. The quantitative estimate of drug-likeness (QED) is 0.174. The second kappa shape index (κ2) is 9.99. The molecule has 3 rings (SSSR count). The number of fused-ring (bicyclic) bond motifs is 1. The number of benzene rings is 2. The summed E-state index contributed by atoms with van der Waals surface area (Å²) in [6, 6.07) is 13.4. The van der Waals surface area contributed by atoms with Crippen LogP contribution < -0.4 is 5.43 Å². The lowest BCUT2D eigenvalue weighted by atomic mass is 9.86. The molecule has 1 N–H and O–H groups in total. The van der Waals surface area contributed by atoms with Gasteiger partial charge in [-0.05, 0) is 18.2 Å². The number of nitrogens with one attached hydrogen (secondary N) is 1. The van der Waals surface area contributed by atoms with Gasteiger partial charge in [-0.3, -0.25) is 4.79 Å². The fourth-order valence-corrected chi connectivity index (χ4v) is 3.44. The summed E-state index contributed by atoms with van der Waals surface area (Å²) < 4.78 is 96.1. The number of halogens is 8. The van der Waals surface area contributed by atoms with Crippen LogP contribution in [0.4, 0.5) is 36.7 Å². The maximum absolute atomic E-state index is 14.6. The molecule has 0 saturated carbocycles. The SMILES string of the molecule is CC(C)(C)C(=O)C/C(=N/Nc1nc(-c2ccccc2)c2cc(Br)ccc2n1)C(F)(F)C(F)(F)C(F)(F)F. The predicted octanol–water partition coefficient (Wildman–Crippen LogP) is 7.67. The van der Waals surface area contributed by atoms with Crippen molar-refractivity contribution in [3.05, 3.63) is 53.0 Å². The number of hydrazone groups is 1. The Hall–Kier alpha value is -3.09. The van der Waals surface area contributed by atoms with Gasteiger partial charge in [-0.2, -0.15) is 35.8 Å². The molecule has 1 aromatic heterocycles. The van der Waals surface area contributed by atoms with Gasteiger partial charge < -0.3 is 0 Å². The van der Waals surface area contributed by atoms with Crippen molar-refractivity contribution in [2.24, 2.45) is 10.5 Å². The number of hydrogen-bond acceptors (Lipinski definition) is 5. The van der Waals surface area contributed by atoms with Crippen LogP contribution in [0.25, 0.3) is 22.2 Å². The highest BCUT2D eigenvalue weighted by Gasteiger charge is 2.75. The van der Waals surface area contributed by atoms with Gasteiger partial charge in [-0.15, -0.1) is 0 Å². The van der Waals surface area contributed by atoms with Crippen molar-refractivity contribution in [1.29, 1.82) is 0 Å². The molecule has 3 aromatic rings. The normalized spacial score (nSPS) is 13.6. The average molecular weight is 593 g/mol. The van der Waals surface area contributed by atoms with Crippen LogP contribution in [0.1, 0.15) is 27.2 Å². The van der Waals surface area contributed by atoms with Crippen LogP contribution in [-0.4, -0.2) is 39.5 Å². The molecule has 0 radical (unpaired) electrons. The number of nitrogens with zero attached hydrogens (tertiary/aromatic N) is 3. The van der Waals surface area contributed by atoms with E-state index in [1.54, 1.807) is 48.5 Å². The largest absolute Gasteiger partial charge is 0.460 e. The summed E-state index contributed by atoms with van der Waals surface area (Å²) >= 11 is 3.33. The van der Waals surface area contributed by atoms with Crippen molar-refractivity contribution in [2.45, 2.75) is 45.2 Å². The highest BCUT2D eigenvalue weighted by Crippen LogP contribution is 2.48. The lowest BCUT2D eigenvalue weighted by Gasteiger charge is -2.29. The summed E-state index contributed by atoms with van der Waals surface area (Å²) in [5.74, 6) is -13.8. The number of Topliss-reactive ketones (excluding diaryl/α,β-unsaturated/α-hetero) is 1. The highest BCUT2D eigenvalue weighted by molar-refractivity contribution is 9.10. The zero-order chi connectivity index (χ0) is 27.8. The van der Waals surface area contributed by atoms with Crippen LogP contribution in [0.3, 0.4) is 0 Å². The number of alkyl halides is 7. The van der Waals surface area contributed by atoms with Gasteiger partial charge in [-0.25, -0.2) is 15.4 Å². The van der Waals surface area contributed by atoms with Gasteiger partial charge in [0.15, 0.2) is 0 Å². The Kier molecular flexibility index (Phi) is 7.69. The second-order valence-electron chi connectivity index (χ2n) is 9.09. The second-order valence-corrected chi connectivity index (χ2v) is 10.0. The lowest BCUT2D eigenvalue weighted by Crippen LogP contribution is -2.56. The molecule has 0 aliphatic rings. The van der Waals surface area contributed by atoms with E-state index in [0.717, 1.165) is 0 Å². The molecule has 0 unspecified atom stereocenters.